The summed E-state index contributed by atoms with van der Waals surface area (Å²) in [7, 11) is 0. The molecule has 0 aromatic heterocycles. The first-order valence-electron chi connectivity index (χ1n) is 8.00. The number of carbonyl (C=O) groups is 3. The van der Waals surface area contributed by atoms with Gasteiger partial charge < -0.3 is 16.0 Å². The minimum atomic E-state index is -0.615. The highest BCUT2D eigenvalue weighted by Gasteiger charge is 2.24. The largest absolute Gasteiger partial charge is 0.344 e. The lowest BCUT2D eigenvalue weighted by molar-refractivity contribution is -0.126. The summed E-state index contributed by atoms with van der Waals surface area (Å²) in [4.78, 5) is 35.7. The van der Waals surface area contributed by atoms with Gasteiger partial charge in [-0.25, -0.2) is 0 Å². The Morgan fingerprint density at radius 1 is 1.00 bits per heavy atom. The van der Waals surface area contributed by atoms with Crippen molar-refractivity contribution >= 4 is 29.1 Å². The van der Waals surface area contributed by atoms with Crippen LogP contribution in [0.15, 0.2) is 24.3 Å². The third-order valence-electron chi connectivity index (χ3n) is 3.38. The highest BCUT2D eigenvalue weighted by atomic mass is 16.2. The fourth-order valence-corrected chi connectivity index (χ4v) is 1.97. The van der Waals surface area contributed by atoms with Crippen molar-refractivity contribution in [1.82, 2.24) is 5.32 Å². The highest BCUT2D eigenvalue weighted by molar-refractivity contribution is 5.98. The molecule has 1 rings (SSSR count). The zero-order valence-electron chi connectivity index (χ0n) is 15.2. The molecule has 0 aliphatic rings. The molecule has 24 heavy (non-hydrogen) atoms. The minimum Gasteiger partial charge on any atom is -0.344 e. The third kappa shape index (κ3) is 6.02. The summed E-state index contributed by atoms with van der Waals surface area (Å²) in [5, 5.41) is 8.24. The molecule has 132 valence electrons. The molecule has 0 saturated heterocycles. The zero-order chi connectivity index (χ0) is 18.5. The van der Waals surface area contributed by atoms with Gasteiger partial charge in [0.05, 0.1) is 0 Å². The van der Waals surface area contributed by atoms with E-state index in [0.29, 0.717) is 11.4 Å². The summed E-state index contributed by atoms with van der Waals surface area (Å²) in [5.74, 6) is -0.698. The van der Waals surface area contributed by atoms with Crippen LogP contribution in [0.4, 0.5) is 11.4 Å². The lowest BCUT2D eigenvalue weighted by Crippen LogP contribution is -2.46. The van der Waals surface area contributed by atoms with Crippen LogP contribution in [0.5, 0.6) is 0 Å². The van der Waals surface area contributed by atoms with Crippen LogP contribution >= 0.6 is 0 Å². The maximum absolute atomic E-state index is 12.4. The molecule has 0 fully saturated rings. The number of hydrogen-bond donors (Lipinski definition) is 3. The standard InChI is InChI=1S/C18H27N3O3/c1-11(2)15(19-12(3)22)16(23)20-13-8-7-9-14(10-13)21-17(24)18(4,5)6/h7-11,15H,1-6H3,(H,19,22)(H,20,23)(H,21,24). The molecule has 6 nitrogen and oxygen atoms in total. The average Bonchev–Trinajstić information content (AvgIpc) is 2.43. The number of nitrogens with one attached hydrogen (secondary N) is 3. The first-order valence-corrected chi connectivity index (χ1v) is 8.00. The average molecular weight is 333 g/mol. The molecule has 0 bridgehead atoms. The summed E-state index contributed by atoms with van der Waals surface area (Å²) in [6.45, 7) is 10.6. The van der Waals surface area contributed by atoms with Gasteiger partial charge in [-0.1, -0.05) is 40.7 Å². The fraction of sp³-hybridized carbons (Fsp3) is 0.500. The first-order chi connectivity index (χ1) is 11.0. The molecular weight excluding hydrogens is 306 g/mol. The normalized spacial score (nSPS) is 12.5. The molecule has 1 aromatic rings. The van der Waals surface area contributed by atoms with E-state index < -0.39 is 11.5 Å². The summed E-state index contributed by atoms with van der Waals surface area (Å²) >= 11 is 0. The highest BCUT2D eigenvalue weighted by Crippen LogP contribution is 2.20. The number of anilines is 2. The van der Waals surface area contributed by atoms with Gasteiger partial charge >= 0.3 is 0 Å². The Balaban J connectivity index is 2.84. The van der Waals surface area contributed by atoms with E-state index in [1.807, 2.05) is 34.6 Å². The summed E-state index contributed by atoms with van der Waals surface area (Å²) in [6.07, 6.45) is 0. The van der Waals surface area contributed by atoms with Crippen molar-refractivity contribution in [3.63, 3.8) is 0 Å². The molecule has 0 heterocycles. The van der Waals surface area contributed by atoms with Crippen LogP contribution in [0, 0.1) is 11.3 Å². The van der Waals surface area contributed by atoms with Gasteiger partial charge in [-0.3, -0.25) is 14.4 Å². The molecular formula is C18H27N3O3. The number of benzene rings is 1. The van der Waals surface area contributed by atoms with Crippen molar-refractivity contribution in [2.45, 2.75) is 47.6 Å². The molecule has 0 spiro atoms. The Hall–Kier alpha value is -2.37. The minimum absolute atomic E-state index is 0.0438. The molecule has 3 N–H and O–H groups in total. The fourth-order valence-electron chi connectivity index (χ4n) is 1.97. The maximum atomic E-state index is 12.4. The van der Waals surface area contributed by atoms with E-state index in [4.69, 9.17) is 0 Å². The second-order valence-corrected chi connectivity index (χ2v) is 7.20. The molecule has 1 atom stereocenters. The second-order valence-electron chi connectivity index (χ2n) is 7.20. The number of hydrogen-bond acceptors (Lipinski definition) is 3. The van der Waals surface area contributed by atoms with Gasteiger partial charge in [0.2, 0.25) is 17.7 Å². The van der Waals surface area contributed by atoms with Crippen LogP contribution < -0.4 is 16.0 Å². The molecule has 0 radical (unpaired) electrons. The van der Waals surface area contributed by atoms with Crippen molar-refractivity contribution in [2.24, 2.45) is 11.3 Å². The number of rotatable bonds is 5. The lowest BCUT2D eigenvalue weighted by atomic mass is 9.95. The van der Waals surface area contributed by atoms with Gasteiger partial charge in [0.25, 0.3) is 0 Å². The Morgan fingerprint density at radius 2 is 1.54 bits per heavy atom. The smallest absolute Gasteiger partial charge is 0.247 e. The Morgan fingerprint density at radius 3 is 2.00 bits per heavy atom. The number of amides is 3. The van der Waals surface area contributed by atoms with Gasteiger partial charge in [0, 0.05) is 23.7 Å². The topological polar surface area (TPSA) is 87.3 Å². The van der Waals surface area contributed by atoms with Gasteiger partial charge in [0.15, 0.2) is 0 Å². The zero-order valence-corrected chi connectivity index (χ0v) is 15.2. The Labute approximate surface area is 143 Å². The lowest BCUT2D eigenvalue weighted by Gasteiger charge is -2.21. The van der Waals surface area contributed by atoms with Crippen LogP contribution in [0.2, 0.25) is 0 Å². The molecule has 1 unspecified atom stereocenters. The van der Waals surface area contributed by atoms with Gasteiger partial charge in [0.1, 0.15) is 6.04 Å². The molecule has 6 heteroatoms. The second kappa shape index (κ2) is 7.95. The van der Waals surface area contributed by atoms with Crippen molar-refractivity contribution in [3.05, 3.63) is 24.3 Å². The van der Waals surface area contributed by atoms with E-state index in [-0.39, 0.29) is 23.6 Å². The maximum Gasteiger partial charge on any atom is 0.247 e. The van der Waals surface area contributed by atoms with E-state index in [9.17, 15) is 14.4 Å². The quantitative estimate of drug-likeness (QED) is 0.774. The van der Waals surface area contributed by atoms with Crippen LogP contribution in [0.25, 0.3) is 0 Å². The molecule has 0 saturated carbocycles. The predicted molar refractivity (Wildman–Crippen MR) is 95.6 cm³/mol. The predicted octanol–water partition coefficient (Wildman–Crippen LogP) is 2.77. The van der Waals surface area contributed by atoms with E-state index in [2.05, 4.69) is 16.0 Å². The van der Waals surface area contributed by atoms with E-state index in [0.717, 1.165) is 0 Å². The van der Waals surface area contributed by atoms with Crippen molar-refractivity contribution in [3.8, 4) is 0 Å². The molecule has 0 aliphatic heterocycles. The SMILES string of the molecule is CC(=O)NC(C(=O)Nc1cccc(NC(=O)C(C)(C)C)c1)C(C)C. The van der Waals surface area contributed by atoms with Crippen LogP contribution in [-0.4, -0.2) is 23.8 Å². The summed E-state index contributed by atoms with van der Waals surface area (Å²) < 4.78 is 0. The van der Waals surface area contributed by atoms with Crippen molar-refractivity contribution in [1.29, 1.82) is 0 Å². The van der Waals surface area contributed by atoms with E-state index in [1.54, 1.807) is 24.3 Å². The van der Waals surface area contributed by atoms with Gasteiger partial charge in [-0.05, 0) is 24.1 Å². The van der Waals surface area contributed by atoms with E-state index >= 15 is 0 Å². The van der Waals surface area contributed by atoms with Gasteiger partial charge in [-0.15, -0.1) is 0 Å². The van der Waals surface area contributed by atoms with Crippen LogP contribution in [-0.2, 0) is 14.4 Å². The van der Waals surface area contributed by atoms with E-state index in [1.165, 1.54) is 6.92 Å². The molecule has 3 amide bonds. The summed E-state index contributed by atoms with van der Waals surface area (Å²) in [6, 6.07) is 6.31. The third-order valence-corrected chi connectivity index (χ3v) is 3.38. The Kier molecular flexibility index (Phi) is 6.51. The van der Waals surface area contributed by atoms with Gasteiger partial charge in [-0.2, -0.15) is 0 Å². The van der Waals surface area contributed by atoms with Crippen molar-refractivity contribution in [2.75, 3.05) is 10.6 Å². The first kappa shape index (κ1) is 19.7. The molecule has 1 aromatic carbocycles. The van der Waals surface area contributed by atoms with Crippen LogP contribution in [0.1, 0.15) is 41.5 Å². The Bertz CT molecular complexity index is 618. The van der Waals surface area contributed by atoms with Crippen molar-refractivity contribution < 1.29 is 14.4 Å². The van der Waals surface area contributed by atoms with Crippen LogP contribution in [0.3, 0.4) is 0 Å². The summed E-state index contributed by atoms with van der Waals surface area (Å²) in [5.41, 5.74) is 0.656. The monoisotopic (exact) mass is 333 g/mol. The molecule has 0 aliphatic carbocycles. The number of carbonyl (C=O) groups excluding carboxylic acids is 3.